The molecule has 0 bridgehead atoms. The third-order valence-corrected chi connectivity index (χ3v) is 3.28. The summed E-state index contributed by atoms with van der Waals surface area (Å²) in [5.74, 6) is 0.564. The number of rotatable bonds is 3. The molecule has 1 aliphatic heterocycles. The Bertz CT molecular complexity index is 556. The molecule has 2 aromatic heterocycles. The zero-order valence-corrected chi connectivity index (χ0v) is 11.2. The van der Waals surface area contributed by atoms with Crippen LogP contribution in [0.5, 0.6) is 0 Å². The maximum absolute atomic E-state index is 5.77. The van der Waals surface area contributed by atoms with Crippen molar-refractivity contribution in [2.75, 3.05) is 11.9 Å². The van der Waals surface area contributed by atoms with Crippen molar-refractivity contribution < 1.29 is 4.74 Å². The highest BCUT2D eigenvalue weighted by Gasteiger charge is 2.31. The molecule has 0 amide bonds. The van der Waals surface area contributed by atoms with Crippen LogP contribution in [0.15, 0.2) is 24.8 Å². The van der Waals surface area contributed by atoms with Gasteiger partial charge in [-0.1, -0.05) is 11.6 Å². The average Bonchev–Trinajstić information content (AvgIpc) is 3.01. The summed E-state index contributed by atoms with van der Waals surface area (Å²) in [6.45, 7) is 0.713. The van der Waals surface area contributed by atoms with Gasteiger partial charge in [-0.05, 0) is 6.42 Å². The summed E-state index contributed by atoms with van der Waals surface area (Å²) >= 11 is 5.77. The molecule has 1 fully saturated rings. The van der Waals surface area contributed by atoms with Gasteiger partial charge in [0.2, 0.25) is 5.95 Å². The third-order valence-electron chi connectivity index (χ3n) is 3.08. The lowest BCUT2D eigenvalue weighted by atomic mass is 10.1. The highest BCUT2D eigenvalue weighted by molar-refractivity contribution is 6.30. The van der Waals surface area contributed by atoms with Gasteiger partial charge in [-0.3, -0.25) is 4.68 Å². The Labute approximate surface area is 115 Å². The SMILES string of the molecule is Cn1cc([C@H]2OCC[C@@H]2Nc2ncc(Cl)cn2)cn1. The minimum absolute atomic E-state index is 0.0204. The molecule has 1 saturated heterocycles. The fourth-order valence-electron chi connectivity index (χ4n) is 2.21. The molecule has 100 valence electrons. The molecular weight excluding hydrogens is 266 g/mol. The van der Waals surface area contributed by atoms with Crippen molar-refractivity contribution in [1.29, 1.82) is 0 Å². The number of nitrogens with one attached hydrogen (secondary N) is 1. The number of halogens is 1. The second kappa shape index (κ2) is 5.14. The molecule has 0 aromatic carbocycles. The molecule has 0 saturated carbocycles. The zero-order chi connectivity index (χ0) is 13.2. The molecule has 2 aromatic rings. The summed E-state index contributed by atoms with van der Waals surface area (Å²) < 4.78 is 7.53. The van der Waals surface area contributed by atoms with Crippen LogP contribution in [-0.4, -0.2) is 32.4 Å². The Kier molecular flexibility index (Phi) is 3.35. The van der Waals surface area contributed by atoms with E-state index in [1.165, 1.54) is 0 Å². The first-order valence-corrected chi connectivity index (χ1v) is 6.44. The maximum atomic E-state index is 5.77. The normalized spacial score (nSPS) is 22.6. The highest BCUT2D eigenvalue weighted by Crippen LogP contribution is 2.30. The van der Waals surface area contributed by atoms with Gasteiger partial charge < -0.3 is 10.1 Å². The summed E-state index contributed by atoms with van der Waals surface area (Å²) in [6.07, 6.45) is 7.83. The molecule has 0 aliphatic carbocycles. The van der Waals surface area contributed by atoms with Crippen molar-refractivity contribution in [1.82, 2.24) is 19.7 Å². The first-order valence-electron chi connectivity index (χ1n) is 6.06. The fourth-order valence-corrected chi connectivity index (χ4v) is 2.30. The smallest absolute Gasteiger partial charge is 0.222 e. The Morgan fingerprint density at radius 1 is 1.37 bits per heavy atom. The van der Waals surface area contributed by atoms with Gasteiger partial charge >= 0.3 is 0 Å². The van der Waals surface area contributed by atoms with Crippen LogP contribution in [0.25, 0.3) is 0 Å². The molecular formula is C12H14ClN5O. The van der Waals surface area contributed by atoms with Crippen LogP contribution in [0.4, 0.5) is 5.95 Å². The van der Waals surface area contributed by atoms with Gasteiger partial charge in [0, 0.05) is 25.4 Å². The quantitative estimate of drug-likeness (QED) is 0.928. The largest absolute Gasteiger partial charge is 0.371 e. The van der Waals surface area contributed by atoms with Crippen molar-refractivity contribution in [3.63, 3.8) is 0 Å². The first-order chi connectivity index (χ1) is 9.22. The summed E-state index contributed by atoms with van der Waals surface area (Å²) in [5.41, 5.74) is 1.06. The van der Waals surface area contributed by atoms with E-state index in [0.29, 0.717) is 17.6 Å². The van der Waals surface area contributed by atoms with Crippen LogP contribution < -0.4 is 5.32 Å². The molecule has 3 heterocycles. The topological polar surface area (TPSA) is 64.9 Å². The van der Waals surface area contributed by atoms with Gasteiger partial charge in [0.1, 0.15) is 6.10 Å². The molecule has 1 aliphatic rings. The number of hydrogen-bond acceptors (Lipinski definition) is 5. The summed E-state index contributed by atoms with van der Waals surface area (Å²) in [7, 11) is 1.89. The van der Waals surface area contributed by atoms with Crippen molar-refractivity contribution in [3.05, 3.63) is 35.4 Å². The van der Waals surface area contributed by atoms with E-state index in [4.69, 9.17) is 16.3 Å². The fraction of sp³-hybridized carbons (Fsp3) is 0.417. The van der Waals surface area contributed by atoms with Gasteiger partial charge in [-0.25, -0.2) is 9.97 Å². The van der Waals surface area contributed by atoms with E-state index in [9.17, 15) is 0 Å². The Morgan fingerprint density at radius 3 is 2.84 bits per heavy atom. The van der Waals surface area contributed by atoms with Gasteiger partial charge in [0.25, 0.3) is 0 Å². The average molecular weight is 280 g/mol. The van der Waals surface area contributed by atoms with Crippen molar-refractivity contribution in [3.8, 4) is 0 Å². The number of aryl methyl sites for hydroxylation is 1. The Hall–Kier alpha value is -1.66. The van der Waals surface area contributed by atoms with Crippen molar-refractivity contribution in [2.24, 2.45) is 7.05 Å². The predicted octanol–water partition coefficient (Wildman–Crippen LogP) is 1.81. The van der Waals surface area contributed by atoms with E-state index in [2.05, 4.69) is 20.4 Å². The molecule has 3 rings (SSSR count). The second-order valence-electron chi connectivity index (χ2n) is 4.50. The van der Waals surface area contributed by atoms with Crippen LogP contribution in [0.3, 0.4) is 0 Å². The van der Waals surface area contributed by atoms with Gasteiger partial charge in [-0.2, -0.15) is 5.10 Å². The van der Waals surface area contributed by atoms with E-state index >= 15 is 0 Å². The maximum Gasteiger partial charge on any atom is 0.222 e. The monoisotopic (exact) mass is 279 g/mol. The zero-order valence-electron chi connectivity index (χ0n) is 10.5. The van der Waals surface area contributed by atoms with E-state index in [-0.39, 0.29) is 12.1 Å². The second-order valence-corrected chi connectivity index (χ2v) is 4.94. The van der Waals surface area contributed by atoms with Crippen LogP contribution in [0.2, 0.25) is 5.02 Å². The van der Waals surface area contributed by atoms with Crippen LogP contribution >= 0.6 is 11.6 Å². The lowest BCUT2D eigenvalue weighted by molar-refractivity contribution is 0.107. The molecule has 1 N–H and O–H groups in total. The van der Waals surface area contributed by atoms with Crippen molar-refractivity contribution >= 4 is 17.5 Å². The standard InChI is InChI=1S/C12H14ClN5O/c1-18-7-8(4-16-18)11-10(2-3-19-11)17-12-14-5-9(13)6-15-12/h4-7,10-11H,2-3H2,1H3,(H,14,15,17)/t10-,11+/m0/s1. The van der Waals surface area contributed by atoms with Crippen LogP contribution in [0.1, 0.15) is 18.1 Å². The molecule has 0 unspecified atom stereocenters. The molecule has 7 heteroatoms. The lowest BCUT2D eigenvalue weighted by Crippen LogP contribution is -2.24. The van der Waals surface area contributed by atoms with Crippen LogP contribution in [0, 0.1) is 0 Å². The van der Waals surface area contributed by atoms with Crippen LogP contribution in [-0.2, 0) is 11.8 Å². The van der Waals surface area contributed by atoms with E-state index < -0.39 is 0 Å². The molecule has 2 atom stereocenters. The molecule has 0 radical (unpaired) electrons. The van der Waals surface area contributed by atoms with E-state index in [1.807, 2.05) is 19.4 Å². The minimum Gasteiger partial charge on any atom is -0.371 e. The summed E-state index contributed by atoms with van der Waals surface area (Å²) in [6, 6.07) is 0.144. The number of anilines is 1. The van der Waals surface area contributed by atoms with Gasteiger partial charge in [-0.15, -0.1) is 0 Å². The van der Waals surface area contributed by atoms with Gasteiger partial charge in [0.15, 0.2) is 0 Å². The lowest BCUT2D eigenvalue weighted by Gasteiger charge is -2.18. The van der Waals surface area contributed by atoms with E-state index in [0.717, 1.165) is 12.0 Å². The molecule has 0 spiro atoms. The number of hydrogen-bond donors (Lipinski definition) is 1. The first kappa shape index (κ1) is 12.4. The van der Waals surface area contributed by atoms with E-state index in [1.54, 1.807) is 17.1 Å². The van der Waals surface area contributed by atoms with Crippen molar-refractivity contribution in [2.45, 2.75) is 18.6 Å². The number of ether oxygens (including phenoxy) is 1. The molecule has 6 nitrogen and oxygen atoms in total. The minimum atomic E-state index is -0.0204. The highest BCUT2D eigenvalue weighted by atomic mass is 35.5. The third kappa shape index (κ3) is 2.69. The Balaban J connectivity index is 1.74. The number of aromatic nitrogens is 4. The predicted molar refractivity (Wildman–Crippen MR) is 71.0 cm³/mol. The number of nitrogens with zero attached hydrogens (tertiary/aromatic N) is 4. The summed E-state index contributed by atoms with van der Waals surface area (Å²) in [5, 5.41) is 7.98. The van der Waals surface area contributed by atoms with Gasteiger partial charge in [0.05, 0.1) is 29.7 Å². The molecule has 19 heavy (non-hydrogen) atoms. The summed E-state index contributed by atoms with van der Waals surface area (Å²) in [4.78, 5) is 8.29. The Morgan fingerprint density at radius 2 is 2.16 bits per heavy atom.